The number of pyridine rings is 1. The Morgan fingerprint density at radius 1 is 0.909 bits per heavy atom. The van der Waals surface area contributed by atoms with Gasteiger partial charge in [-0.15, -0.1) is 0 Å². The number of carbonyl (C=O) groups is 4. The number of ketones is 1. The van der Waals surface area contributed by atoms with Crippen LogP contribution in [0.5, 0.6) is 0 Å². The maximum Gasteiger partial charge on any atom is 0.289 e. The zero-order valence-corrected chi connectivity index (χ0v) is 18.6. The Morgan fingerprint density at radius 3 is 2.33 bits per heavy atom. The molecule has 1 aliphatic rings. The minimum Gasteiger partial charge on any atom is -0.347 e. The van der Waals surface area contributed by atoms with Gasteiger partial charge in [0, 0.05) is 18.5 Å². The molecule has 1 saturated carbocycles. The van der Waals surface area contributed by atoms with Gasteiger partial charge in [-0.2, -0.15) is 0 Å². The molecule has 3 amide bonds. The minimum atomic E-state index is -1.05. The lowest BCUT2D eigenvalue weighted by Gasteiger charge is -2.21. The topological polar surface area (TPSA) is 117 Å². The van der Waals surface area contributed by atoms with E-state index in [9.17, 15) is 19.2 Å². The lowest BCUT2D eigenvalue weighted by Crippen LogP contribution is -2.51. The van der Waals surface area contributed by atoms with Crippen LogP contribution in [0, 0.1) is 5.92 Å². The Kier molecular flexibility index (Phi) is 9.11. The third kappa shape index (κ3) is 7.82. The highest BCUT2D eigenvalue weighted by molar-refractivity contribution is 6.38. The molecule has 174 valence electrons. The van der Waals surface area contributed by atoms with Gasteiger partial charge >= 0.3 is 0 Å². The maximum atomic E-state index is 12.9. The SMILES string of the molecule is O=C(CNC(=O)C1CCCCC1)N[C@H](Cc1ccccc1)C(=O)C(=O)NCc1ccccn1. The van der Waals surface area contributed by atoms with E-state index in [0.717, 1.165) is 37.7 Å². The largest absolute Gasteiger partial charge is 0.347 e. The first-order valence-electron chi connectivity index (χ1n) is 11.4. The van der Waals surface area contributed by atoms with Crippen LogP contribution in [0.1, 0.15) is 43.4 Å². The quantitative estimate of drug-likeness (QED) is 0.476. The van der Waals surface area contributed by atoms with E-state index in [1.165, 1.54) is 0 Å². The highest BCUT2D eigenvalue weighted by atomic mass is 16.2. The lowest BCUT2D eigenvalue weighted by atomic mass is 9.89. The molecule has 1 aromatic heterocycles. The second-order valence-corrected chi connectivity index (χ2v) is 8.23. The molecular weight excluding hydrogens is 420 g/mol. The number of rotatable bonds is 10. The number of nitrogens with zero attached hydrogens (tertiary/aromatic N) is 1. The fourth-order valence-electron chi connectivity index (χ4n) is 3.90. The first kappa shape index (κ1) is 24.1. The molecule has 0 aliphatic heterocycles. The standard InChI is InChI=1S/C25H30N4O4/c30-22(17-28-24(32)19-11-5-2-6-12-19)29-21(15-18-9-3-1-4-10-18)23(31)25(33)27-16-20-13-7-8-14-26-20/h1,3-4,7-10,13-14,19,21H,2,5-6,11-12,15-17H2,(H,27,33)(H,28,32)(H,29,30)/t21-/m1/s1. The zero-order valence-electron chi connectivity index (χ0n) is 18.6. The number of hydrogen-bond donors (Lipinski definition) is 3. The number of carbonyl (C=O) groups excluding carboxylic acids is 4. The highest BCUT2D eigenvalue weighted by Gasteiger charge is 2.28. The van der Waals surface area contributed by atoms with Gasteiger partial charge in [-0.25, -0.2) is 0 Å². The van der Waals surface area contributed by atoms with Crippen LogP contribution in [0.15, 0.2) is 54.7 Å². The second kappa shape index (κ2) is 12.5. The van der Waals surface area contributed by atoms with E-state index in [4.69, 9.17) is 0 Å². The van der Waals surface area contributed by atoms with E-state index in [1.807, 2.05) is 30.3 Å². The average Bonchev–Trinajstić information content (AvgIpc) is 2.86. The maximum absolute atomic E-state index is 12.9. The molecule has 0 bridgehead atoms. The number of Topliss-reactive ketones (excluding diaryl/α,β-unsaturated/α-hetero) is 1. The van der Waals surface area contributed by atoms with Crippen LogP contribution in [0.2, 0.25) is 0 Å². The van der Waals surface area contributed by atoms with Crippen molar-refractivity contribution in [3.63, 3.8) is 0 Å². The van der Waals surface area contributed by atoms with Crippen LogP contribution < -0.4 is 16.0 Å². The molecule has 1 aromatic carbocycles. The summed E-state index contributed by atoms with van der Waals surface area (Å²) >= 11 is 0. The van der Waals surface area contributed by atoms with E-state index < -0.39 is 23.6 Å². The molecule has 0 unspecified atom stereocenters. The van der Waals surface area contributed by atoms with E-state index in [-0.39, 0.29) is 31.3 Å². The molecule has 0 saturated heterocycles. The molecule has 1 atom stereocenters. The van der Waals surface area contributed by atoms with Crippen molar-refractivity contribution in [3.05, 3.63) is 66.0 Å². The zero-order chi connectivity index (χ0) is 23.5. The van der Waals surface area contributed by atoms with Crippen molar-refractivity contribution in [1.29, 1.82) is 0 Å². The van der Waals surface area contributed by atoms with Crippen molar-refractivity contribution in [3.8, 4) is 0 Å². The fourth-order valence-corrected chi connectivity index (χ4v) is 3.90. The summed E-state index contributed by atoms with van der Waals surface area (Å²) in [4.78, 5) is 54.3. The van der Waals surface area contributed by atoms with Crippen molar-refractivity contribution in [1.82, 2.24) is 20.9 Å². The number of nitrogens with one attached hydrogen (secondary N) is 3. The molecule has 2 aromatic rings. The Bertz CT molecular complexity index is 943. The first-order chi connectivity index (χ1) is 16.0. The van der Waals surface area contributed by atoms with E-state index >= 15 is 0 Å². The fraction of sp³-hybridized carbons (Fsp3) is 0.400. The van der Waals surface area contributed by atoms with Crippen molar-refractivity contribution in [2.75, 3.05) is 6.54 Å². The van der Waals surface area contributed by atoms with Gasteiger partial charge in [0.05, 0.1) is 18.8 Å². The summed E-state index contributed by atoms with van der Waals surface area (Å²) in [5.74, 6) is -2.25. The molecule has 1 aliphatic carbocycles. The number of benzene rings is 1. The molecule has 8 heteroatoms. The van der Waals surface area contributed by atoms with Crippen molar-refractivity contribution in [2.24, 2.45) is 5.92 Å². The smallest absolute Gasteiger partial charge is 0.289 e. The van der Waals surface area contributed by atoms with E-state index in [0.29, 0.717) is 5.69 Å². The van der Waals surface area contributed by atoms with Gasteiger partial charge in [-0.05, 0) is 30.5 Å². The Morgan fingerprint density at radius 2 is 1.64 bits per heavy atom. The monoisotopic (exact) mass is 450 g/mol. The highest BCUT2D eigenvalue weighted by Crippen LogP contribution is 2.23. The summed E-state index contributed by atoms with van der Waals surface area (Å²) in [6.45, 7) is -0.127. The summed E-state index contributed by atoms with van der Waals surface area (Å²) in [7, 11) is 0. The van der Waals surface area contributed by atoms with Gasteiger partial charge in [-0.3, -0.25) is 24.2 Å². The van der Waals surface area contributed by atoms with Gasteiger partial charge in [0.25, 0.3) is 5.91 Å². The van der Waals surface area contributed by atoms with Crippen LogP contribution in [0.4, 0.5) is 0 Å². The van der Waals surface area contributed by atoms with Crippen molar-refractivity contribution in [2.45, 2.75) is 51.1 Å². The predicted molar refractivity (Wildman–Crippen MR) is 123 cm³/mol. The normalized spacial score (nSPS) is 14.7. The van der Waals surface area contributed by atoms with Crippen LogP contribution in [-0.4, -0.2) is 41.1 Å². The van der Waals surface area contributed by atoms with Crippen molar-refractivity contribution >= 4 is 23.5 Å². The number of amides is 3. The summed E-state index contributed by atoms with van der Waals surface area (Å²) < 4.78 is 0. The molecule has 3 rings (SSSR count). The van der Waals surface area contributed by atoms with Gasteiger partial charge in [0.15, 0.2) is 0 Å². The Balaban J connectivity index is 1.58. The average molecular weight is 451 g/mol. The molecular formula is C25H30N4O4. The number of hydrogen-bond acceptors (Lipinski definition) is 5. The molecule has 0 radical (unpaired) electrons. The van der Waals surface area contributed by atoms with Crippen LogP contribution in [0.25, 0.3) is 0 Å². The molecule has 3 N–H and O–H groups in total. The van der Waals surface area contributed by atoms with Crippen LogP contribution in [-0.2, 0) is 32.1 Å². The third-order valence-corrected chi connectivity index (χ3v) is 5.71. The van der Waals surface area contributed by atoms with Gasteiger partial charge in [0.2, 0.25) is 17.6 Å². The third-order valence-electron chi connectivity index (χ3n) is 5.71. The van der Waals surface area contributed by atoms with Gasteiger partial charge in [-0.1, -0.05) is 55.7 Å². The van der Waals surface area contributed by atoms with E-state index in [2.05, 4.69) is 20.9 Å². The van der Waals surface area contributed by atoms with Crippen molar-refractivity contribution < 1.29 is 19.2 Å². The van der Waals surface area contributed by atoms with E-state index in [1.54, 1.807) is 24.4 Å². The van der Waals surface area contributed by atoms with Gasteiger partial charge < -0.3 is 16.0 Å². The lowest BCUT2D eigenvalue weighted by molar-refractivity contribution is -0.140. The molecule has 1 fully saturated rings. The summed E-state index contributed by atoms with van der Waals surface area (Å²) in [6.07, 6.45) is 6.60. The minimum absolute atomic E-state index is 0.0642. The van der Waals surface area contributed by atoms with Crippen LogP contribution >= 0.6 is 0 Å². The molecule has 8 nitrogen and oxygen atoms in total. The second-order valence-electron chi connectivity index (χ2n) is 8.23. The Labute approximate surface area is 193 Å². The first-order valence-corrected chi connectivity index (χ1v) is 11.4. The summed E-state index contributed by atoms with van der Waals surface area (Å²) in [5, 5.41) is 7.85. The molecule has 33 heavy (non-hydrogen) atoms. The molecule has 0 spiro atoms. The summed E-state index contributed by atoms with van der Waals surface area (Å²) in [5.41, 5.74) is 1.42. The number of aromatic nitrogens is 1. The molecule has 1 heterocycles. The summed E-state index contributed by atoms with van der Waals surface area (Å²) in [6, 6.07) is 13.4. The Hall–Kier alpha value is -3.55. The predicted octanol–water partition coefficient (Wildman–Crippen LogP) is 1.69. The van der Waals surface area contributed by atoms with Gasteiger partial charge in [0.1, 0.15) is 6.04 Å². The van der Waals surface area contributed by atoms with Crippen LogP contribution in [0.3, 0.4) is 0 Å².